The molecule has 2 rings (SSSR count). The van der Waals surface area contributed by atoms with Crippen LogP contribution in [0.4, 0.5) is 0 Å². The van der Waals surface area contributed by atoms with E-state index in [4.69, 9.17) is 4.74 Å². The molecule has 0 radical (unpaired) electrons. The first-order valence-electron chi connectivity index (χ1n) is 7.74. The molecule has 1 fully saturated rings. The van der Waals surface area contributed by atoms with E-state index in [0.29, 0.717) is 17.9 Å². The van der Waals surface area contributed by atoms with Crippen molar-refractivity contribution in [2.75, 3.05) is 7.11 Å². The zero-order valence-corrected chi connectivity index (χ0v) is 14.4. The molecule has 1 atom stereocenters. The number of hydrogen-bond donors (Lipinski definition) is 1. The van der Waals surface area contributed by atoms with Gasteiger partial charge in [-0.3, -0.25) is 4.79 Å². The van der Waals surface area contributed by atoms with E-state index in [2.05, 4.69) is 21.2 Å². The molecule has 5 heteroatoms. The molecule has 0 bridgehead atoms. The highest BCUT2D eigenvalue weighted by Gasteiger charge is 2.26. The first kappa shape index (κ1) is 17.0. The fraction of sp³-hybridized carbons (Fsp3) is 0.529. The van der Waals surface area contributed by atoms with E-state index in [1.165, 1.54) is 26.4 Å². The van der Waals surface area contributed by atoms with Gasteiger partial charge in [0.1, 0.15) is 6.04 Å². The maximum Gasteiger partial charge on any atom is 0.328 e. The molecular weight excluding hydrogens is 346 g/mol. The quantitative estimate of drug-likeness (QED) is 0.807. The number of halogens is 1. The van der Waals surface area contributed by atoms with Gasteiger partial charge >= 0.3 is 5.97 Å². The van der Waals surface area contributed by atoms with E-state index >= 15 is 0 Å². The van der Waals surface area contributed by atoms with Crippen LogP contribution in [0.3, 0.4) is 0 Å². The molecule has 0 spiro atoms. The van der Waals surface area contributed by atoms with Gasteiger partial charge in [-0.25, -0.2) is 4.79 Å². The summed E-state index contributed by atoms with van der Waals surface area (Å²) in [5, 5.41) is 2.82. The first-order chi connectivity index (χ1) is 10.6. The summed E-state index contributed by atoms with van der Waals surface area (Å²) in [6.07, 6.45) is 6.59. The van der Waals surface area contributed by atoms with Crippen molar-refractivity contribution in [3.63, 3.8) is 0 Å². The van der Waals surface area contributed by atoms with Gasteiger partial charge in [0.25, 0.3) is 5.91 Å². The van der Waals surface area contributed by atoms with E-state index in [1.807, 2.05) is 6.07 Å². The number of rotatable bonds is 5. The van der Waals surface area contributed by atoms with E-state index < -0.39 is 6.04 Å². The van der Waals surface area contributed by atoms with Crippen molar-refractivity contribution in [2.45, 2.75) is 44.6 Å². The Morgan fingerprint density at radius 2 is 2.05 bits per heavy atom. The van der Waals surface area contributed by atoms with Crippen LogP contribution < -0.4 is 5.32 Å². The Morgan fingerprint density at radius 3 is 2.68 bits per heavy atom. The zero-order chi connectivity index (χ0) is 15.9. The lowest BCUT2D eigenvalue weighted by Gasteiger charge is -2.25. The number of amides is 1. The number of methoxy groups -OCH3 is 1. The molecule has 1 saturated carbocycles. The number of ether oxygens (including phenoxy) is 1. The molecule has 1 unspecified atom stereocenters. The summed E-state index contributed by atoms with van der Waals surface area (Å²) in [6, 6.07) is 6.56. The number of benzene rings is 1. The van der Waals surface area contributed by atoms with Crippen molar-refractivity contribution in [1.29, 1.82) is 0 Å². The largest absolute Gasteiger partial charge is 0.467 e. The Morgan fingerprint density at radius 1 is 1.32 bits per heavy atom. The molecule has 22 heavy (non-hydrogen) atoms. The van der Waals surface area contributed by atoms with Gasteiger partial charge in [-0.2, -0.15) is 0 Å². The van der Waals surface area contributed by atoms with Crippen LogP contribution >= 0.6 is 15.9 Å². The van der Waals surface area contributed by atoms with Gasteiger partial charge in [0, 0.05) is 10.0 Å². The average Bonchev–Trinajstić information content (AvgIpc) is 2.54. The Balaban J connectivity index is 2.02. The highest BCUT2D eigenvalue weighted by Crippen LogP contribution is 2.27. The molecule has 0 aliphatic heterocycles. The minimum Gasteiger partial charge on any atom is -0.467 e. The normalized spacial score (nSPS) is 16.8. The van der Waals surface area contributed by atoms with Gasteiger partial charge < -0.3 is 10.1 Å². The summed E-state index contributed by atoms with van der Waals surface area (Å²) < 4.78 is 5.69. The number of nitrogens with one attached hydrogen (secondary N) is 1. The minimum absolute atomic E-state index is 0.243. The fourth-order valence-corrected chi connectivity index (χ4v) is 3.38. The predicted molar refractivity (Wildman–Crippen MR) is 88.6 cm³/mol. The van der Waals surface area contributed by atoms with Crippen LogP contribution in [0.2, 0.25) is 0 Å². The van der Waals surface area contributed by atoms with Crippen LogP contribution in [0.15, 0.2) is 28.7 Å². The third-order valence-corrected chi connectivity index (χ3v) is 4.66. The SMILES string of the molecule is COC(=O)C(CC1CCCCC1)NC(=O)c1cccc(Br)c1. The van der Waals surface area contributed by atoms with Crippen LogP contribution in [0, 0.1) is 5.92 Å². The smallest absolute Gasteiger partial charge is 0.328 e. The summed E-state index contributed by atoms with van der Waals surface area (Å²) >= 11 is 3.35. The molecule has 120 valence electrons. The van der Waals surface area contributed by atoms with Crippen LogP contribution in [0.25, 0.3) is 0 Å². The number of hydrogen-bond acceptors (Lipinski definition) is 3. The maximum absolute atomic E-state index is 12.3. The van der Waals surface area contributed by atoms with Gasteiger partial charge in [0.2, 0.25) is 0 Å². The minimum atomic E-state index is -0.570. The average molecular weight is 368 g/mol. The third-order valence-electron chi connectivity index (χ3n) is 4.17. The number of esters is 1. The Bertz CT molecular complexity index is 526. The summed E-state index contributed by atoms with van der Waals surface area (Å²) in [6.45, 7) is 0. The molecular formula is C17H22BrNO3. The van der Waals surface area contributed by atoms with E-state index in [9.17, 15) is 9.59 Å². The molecule has 1 aliphatic rings. The molecule has 1 amide bonds. The monoisotopic (exact) mass is 367 g/mol. The summed E-state index contributed by atoms with van der Waals surface area (Å²) in [5.74, 6) is -0.123. The molecule has 4 nitrogen and oxygen atoms in total. The van der Waals surface area contributed by atoms with Gasteiger partial charge in [0.05, 0.1) is 7.11 Å². The Hall–Kier alpha value is -1.36. The van der Waals surface area contributed by atoms with Crippen molar-refractivity contribution < 1.29 is 14.3 Å². The number of carbonyl (C=O) groups is 2. The Kier molecular flexibility index (Phi) is 6.43. The molecule has 0 saturated heterocycles. The molecule has 1 N–H and O–H groups in total. The second kappa shape index (κ2) is 8.32. The van der Waals surface area contributed by atoms with Gasteiger partial charge in [-0.1, -0.05) is 54.1 Å². The lowest BCUT2D eigenvalue weighted by atomic mass is 9.85. The van der Waals surface area contributed by atoms with E-state index in [-0.39, 0.29) is 11.9 Å². The zero-order valence-electron chi connectivity index (χ0n) is 12.8. The first-order valence-corrected chi connectivity index (χ1v) is 8.53. The second-order valence-corrected chi connectivity index (χ2v) is 6.71. The lowest BCUT2D eigenvalue weighted by Crippen LogP contribution is -2.43. The standard InChI is InChI=1S/C17H22BrNO3/c1-22-17(21)15(10-12-6-3-2-4-7-12)19-16(20)13-8-5-9-14(18)11-13/h5,8-9,11-12,15H,2-4,6-7,10H2,1H3,(H,19,20). The second-order valence-electron chi connectivity index (χ2n) is 5.80. The van der Waals surface area contributed by atoms with Crippen LogP contribution in [0.5, 0.6) is 0 Å². The number of carbonyl (C=O) groups excluding carboxylic acids is 2. The maximum atomic E-state index is 12.3. The van der Waals surface area contributed by atoms with Gasteiger partial charge in [0.15, 0.2) is 0 Å². The predicted octanol–water partition coefficient (Wildman–Crippen LogP) is 3.69. The molecule has 1 aliphatic carbocycles. The topological polar surface area (TPSA) is 55.4 Å². The summed E-state index contributed by atoms with van der Waals surface area (Å²) in [7, 11) is 1.36. The Labute approximate surface area is 139 Å². The molecule has 0 heterocycles. The third kappa shape index (κ3) is 4.83. The van der Waals surface area contributed by atoms with Crippen molar-refractivity contribution >= 4 is 27.8 Å². The highest BCUT2D eigenvalue weighted by atomic mass is 79.9. The van der Waals surface area contributed by atoms with Crippen molar-refractivity contribution in [3.8, 4) is 0 Å². The highest BCUT2D eigenvalue weighted by molar-refractivity contribution is 9.10. The van der Waals surface area contributed by atoms with Crippen molar-refractivity contribution in [3.05, 3.63) is 34.3 Å². The van der Waals surface area contributed by atoms with E-state index in [1.54, 1.807) is 18.2 Å². The van der Waals surface area contributed by atoms with Crippen LogP contribution in [-0.4, -0.2) is 25.0 Å². The van der Waals surface area contributed by atoms with E-state index in [0.717, 1.165) is 17.3 Å². The van der Waals surface area contributed by atoms with Gasteiger partial charge in [-0.15, -0.1) is 0 Å². The summed E-state index contributed by atoms with van der Waals surface area (Å²) in [4.78, 5) is 24.3. The molecule has 1 aromatic carbocycles. The van der Waals surface area contributed by atoms with Crippen molar-refractivity contribution in [2.24, 2.45) is 5.92 Å². The molecule has 1 aromatic rings. The van der Waals surface area contributed by atoms with Crippen LogP contribution in [-0.2, 0) is 9.53 Å². The van der Waals surface area contributed by atoms with Gasteiger partial charge in [-0.05, 0) is 30.5 Å². The lowest BCUT2D eigenvalue weighted by molar-refractivity contribution is -0.143. The van der Waals surface area contributed by atoms with Crippen LogP contribution in [0.1, 0.15) is 48.9 Å². The summed E-state index contributed by atoms with van der Waals surface area (Å²) in [5.41, 5.74) is 0.534. The van der Waals surface area contributed by atoms with Crippen molar-refractivity contribution in [1.82, 2.24) is 5.32 Å². The molecule has 0 aromatic heterocycles. The fourth-order valence-electron chi connectivity index (χ4n) is 2.98.